The second-order valence-corrected chi connectivity index (χ2v) is 6.28. The Labute approximate surface area is 112 Å². The van der Waals surface area contributed by atoms with Gasteiger partial charge in [0.25, 0.3) is 9.05 Å². The molecule has 0 bridgehead atoms. The Morgan fingerprint density at radius 1 is 1.42 bits per heavy atom. The number of halogens is 3. The molecule has 0 spiro atoms. The smallest absolute Gasteiger partial charge is 0.264 e. The molecule has 19 heavy (non-hydrogen) atoms. The summed E-state index contributed by atoms with van der Waals surface area (Å²) in [5.74, 6) is -5.05. The summed E-state index contributed by atoms with van der Waals surface area (Å²) in [4.78, 5) is 9.75. The van der Waals surface area contributed by atoms with Gasteiger partial charge in [-0.1, -0.05) is 6.92 Å². The van der Waals surface area contributed by atoms with Gasteiger partial charge in [0.1, 0.15) is 4.90 Å². The van der Waals surface area contributed by atoms with E-state index < -0.39 is 43.2 Å². The lowest BCUT2D eigenvalue weighted by atomic mass is 10.2. The van der Waals surface area contributed by atoms with Crippen LogP contribution in [0.25, 0.3) is 0 Å². The van der Waals surface area contributed by atoms with E-state index in [0.29, 0.717) is 0 Å². The van der Waals surface area contributed by atoms with Gasteiger partial charge in [0.15, 0.2) is 11.6 Å². The van der Waals surface area contributed by atoms with Crippen LogP contribution >= 0.6 is 10.7 Å². The average Bonchev–Trinajstić information content (AvgIpc) is 2.28. The van der Waals surface area contributed by atoms with Gasteiger partial charge in [0.2, 0.25) is 11.7 Å². The van der Waals surface area contributed by atoms with E-state index in [9.17, 15) is 22.0 Å². The molecular weight excluding hydrogens is 304 g/mol. The molecular formula is C10H10ClF2NO4S. The number of rotatable bonds is 5. The van der Waals surface area contributed by atoms with E-state index in [1.54, 1.807) is 0 Å². The molecule has 0 aromatic heterocycles. The number of hydrogen-bond donors (Lipinski definition) is 1. The topological polar surface area (TPSA) is 86.5 Å². The zero-order valence-electron chi connectivity index (χ0n) is 9.69. The summed E-state index contributed by atoms with van der Waals surface area (Å²) in [7, 11) is 0.531. The van der Waals surface area contributed by atoms with Crippen molar-refractivity contribution in [3.63, 3.8) is 0 Å². The molecule has 1 aromatic carbocycles. The Hall–Kier alpha value is -1.41. The van der Waals surface area contributed by atoms with Gasteiger partial charge in [-0.15, -0.1) is 0 Å². The van der Waals surface area contributed by atoms with Crippen LogP contribution in [0, 0.1) is 17.6 Å². The first-order valence-electron chi connectivity index (χ1n) is 4.99. The molecule has 5 nitrogen and oxygen atoms in total. The lowest BCUT2D eigenvalue weighted by molar-refractivity contribution is -0.122. The highest BCUT2D eigenvalue weighted by atomic mass is 35.7. The summed E-state index contributed by atoms with van der Waals surface area (Å²) in [6.07, 6.45) is 0. The van der Waals surface area contributed by atoms with E-state index in [1.165, 1.54) is 6.92 Å². The molecule has 9 heteroatoms. The van der Waals surface area contributed by atoms with Crippen molar-refractivity contribution < 1.29 is 26.7 Å². The standard InChI is InChI=1S/C10H10ClF2NO4S/c1-5(10(14)15)4-18-6-2-3-7(19(11,16)17)9(13)8(6)12/h2-3,5H,4H2,1H3,(H2,14,15). The number of carbonyl (C=O) groups excluding carboxylic acids is 1. The molecule has 0 heterocycles. The van der Waals surface area contributed by atoms with Gasteiger partial charge in [0.05, 0.1) is 12.5 Å². The Morgan fingerprint density at radius 3 is 2.47 bits per heavy atom. The van der Waals surface area contributed by atoms with E-state index in [0.717, 1.165) is 12.1 Å². The summed E-state index contributed by atoms with van der Waals surface area (Å²) >= 11 is 0. The molecule has 0 saturated heterocycles. The van der Waals surface area contributed by atoms with Crippen LogP contribution in [0.15, 0.2) is 17.0 Å². The molecule has 1 atom stereocenters. The van der Waals surface area contributed by atoms with Gasteiger partial charge >= 0.3 is 0 Å². The van der Waals surface area contributed by atoms with Crippen molar-refractivity contribution in [3.05, 3.63) is 23.8 Å². The number of hydrogen-bond acceptors (Lipinski definition) is 4. The molecule has 0 aliphatic carbocycles. The minimum absolute atomic E-state index is 0.265. The van der Waals surface area contributed by atoms with E-state index >= 15 is 0 Å². The van der Waals surface area contributed by atoms with Crippen molar-refractivity contribution in [2.75, 3.05) is 6.61 Å². The minimum atomic E-state index is -4.39. The van der Waals surface area contributed by atoms with Crippen molar-refractivity contribution in [1.29, 1.82) is 0 Å². The zero-order chi connectivity index (χ0) is 14.8. The summed E-state index contributed by atoms with van der Waals surface area (Å²) < 4.78 is 53.6. The van der Waals surface area contributed by atoms with Crippen LogP contribution in [0.3, 0.4) is 0 Å². The maximum Gasteiger partial charge on any atom is 0.264 e. The second kappa shape index (κ2) is 5.70. The quantitative estimate of drug-likeness (QED) is 0.832. The number of ether oxygens (including phenoxy) is 1. The fraction of sp³-hybridized carbons (Fsp3) is 0.300. The Kier molecular flexibility index (Phi) is 4.70. The average molecular weight is 314 g/mol. The molecule has 0 aliphatic rings. The highest BCUT2D eigenvalue weighted by Gasteiger charge is 2.23. The fourth-order valence-corrected chi connectivity index (χ4v) is 2.00. The molecule has 0 saturated carbocycles. The van der Waals surface area contributed by atoms with Crippen LogP contribution in [-0.4, -0.2) is 20.9 Å². The lowest BCUT2D eigenvalue weighted by Gasteiger charge is -2.11. The van der Waals surface area contributed by atoms with Gasteiger partial charge in [-0.2, -0.15) is 4.39 Å². The van der Waals surface area contributed by atoms with E-state index in [1.807, 2.05) is 0 Å². The largest absolute Gasteiger partial charge is 0.490 e. The van der Waals surface area contributed by atoms with Crippen molar-refractivity contribution in [2.24, 2.45) is 11.7 Å². The summed E-state index contributed by atoms with van der Waals surface area (Å²) in [6.45, 7) is 1.17. The molecule has 0 fully saturated rings. The Morgan fingerprint density at radius 2 is 2.00 bits per heavy atom. The number of amides is 1. The number of nitrogens with two attached hydrogens (primary N) is 1. The number of carbonyl (C=O) groups is 1. The van der Waals surface area contributed by atoms with E-state index in [-0.39, 0.29) is 6.61 Å². The maximum absolute atomic E-state index is 13.5. The minimum Gasteiger partial charge on any atom is -0.490 e. The Bertz CT molecular complexity index is 606. The first kappa shape index (κ1) is 15.6. The number of primary amides is 1. The highest BCUT2D eigenvalue weighted by Crippen LogP contribution is 2.27. The molecule has 0 radical (unpaired) electrons. The van der Waals surface area contributed by atoms with Crippen molar-refractivity contribution in [1.82, 2.24) is 0 Å². The molecule has 1 aromatic rings. The first-order valence-corrected chi connectivity index (χ1v) is 7.30. The summed E-state index contributed by atoms with van der Waals surface area (Å²) in [5.41, 5.74) is 4.97. The van der Waals surface area contributed by atoms with Crippen LogP contribution in [0.1, 0.15) is 6.92 Å². The molecule has 2 N–H and O–H groups in total. The SMILES string of the molecule is CC(COc1ccc(S(=O)(=O)Cl)c(F)c1F)C(N)=O. The monoisotopic (exact) mass is 313 g/mol. The second-order valence-electron chi connectivity index (χ2n) is 3.74. The predicted octanol–water partition coefficient (Wildman–Crippen LogP) is 1.39. The third-order valence-corrected chi connectivity index (χ3v) is 3.59. The van der Waals surface area contributed by atoms with Gasteiger partial charge in [0, 0.05) is 10.7 Å². The third-order valence-electron chi connectivity index (χ3n) is 2.25. The maximum atomic E-state index is 13.5. The highest BCUT2D eigenvalue weighted by molar-refractivity contribution is 8.13. The molecule has 1 amide bonds. The van der Waals surface area contributed by atoms with Crippen LogP contribution in [0.5, 0.6) is 5.75 Å². The van der Waals surface area contributed by atoms with Crippen LogP contribution in [0.4, 0.5) is 8.78 Å². The van der Waals surface area contributed by atoms with E-state index in [4.69, 9.17) is 21.2 Å². The van der Waals surface area contributed by atoms with Crippen LogP contribution in [-0.2, 0) is 13.8 Å². The lowest BCUT2D eigenvalue weighted by Crippen LogP contribution is -2.26. The van der Waals surface area contributed by atoms with Gasteiger partial charge < -0.3 is 10.5 Å². The molecule has 1 rings (SSSR count). The molecule has 1 unspecified atom stereocenters. The molecule has 106 valence electrons. The zero-order valence-corrected chi connectivity index (χ0v) is 11.3. The van der Waals surface area contributed by atoms with Crippen molar-refractivity contribution in [3.8, 4) is 5.75 Å². The van der Waals surface area contributed by atoms with Gasteiger partial charge in [-0.3, -0.25) is 4.79 Å². The summed E-state index contributed by atoms with van der Waals surface area (Å²) in [5, 5.41) is 0. The summed E-state index contributed by atoms with van der Waals surface area (Å²) in [6, 6.07) is 1.67. The van der Waals surface area contributed by atoms with Crippen molar-refractivity contribution in [2.45, 2.75) is 11.8 Å². The van der Waals surface area contributed by atoms with Crippen molar-refractivity contribution >= 4 is 25.6 Å². The fourth-order valence-electron chi connectivity index (χ4n) is 1.11. The normalized spacial score (nSPS) is 13.1. The van der Waals surface area contributed by atoms with Gasteiger partial charge in [-0.05, 0) is 12.1 Å². The van der Waals surface area contributed by atoms with Crippen LogP contribution in [0.2, 0.25) is 0 Å². The van der Waals surface area contributed by atoms with Crippen LogP contribution < -0.4 is 10.5 Å². The van der Waals surface area contributed by atoms with Gasteiger partial charge in [-0.25, -0.2) is 12.8 Å². The first-order chi connectivity index (χ1) is 8.64. The Balaban J connectivity index is 3.01. The predicted molar refractivity (Wildman–Crippen MR) is 63.3 cm³/mol. The number of benzene rings is 1. The molecule has 0 aliphatic heterocycles. The van der Waals surface area contributed by atoms with E-state index in [2.05, 4.69) is 0 Å². The third kappa shape index (κ3) is 3.77.